The van der Waals surface area contributed by atoms with Crippen LogP contribution in [0.1, 0.15) is 0 Å². The number of anilines is 1. The molecule has 0 aliphatic rings. The summed E-state index contributed by atoms with van der Waals surface area (Å²) in [5.41, 5.74) is 10.7. The number of nitrogens with one attached hydrogen (secondary N) is 2. The number of nitrogen functional groups attached to an aromatic ring is 1. The van der Waals surface area contributed by atoms with Crippen LogP contribution in [0.15, 0.2) is 84.0 Å². The SMILES string of the molecule is C=CC(C=CC=Nc1ccc(N)cc1)=NNC(=C)N(C)/C=C\NC. The lowest BCUT2D eigenvalue weighted by atomic mass is 10.3. The molecular formula is C18H24N6. The van der Waals surface area contributed by atoms with Crippen molar-refractivity contribution in [3.8, 4) is 0 Å². The maximum atomic E-state index is 5.63. The summed E-state index contributed by atoms with van der Waals surface area (Å²) in [5, 5.41) is 7.12. The third kappa shape index (κ3) is 7.13. The van der Waals surface area contributed by atoms with Crippen molar-refractivity contribution < 1.29 is 0 Å². The molecule has 24 heavy (non-hydrogen) atoms. The fourth-order valence-corrected chi connectivity index (χ4v) is 1.47. The summed E-state index contributed by atoms with van der Waals surface area (Å²) in [7, 11) is 3.69. The molecule has 0 saturated heterocycles. The first kappa shape index (κ1) is 18.8. The number of hydrogen-bond donors (Lipinski definition) is 3. The smallest absolute Gasteiger partial charge is 0.118 e. The fourth-order valence-electron chi connectivity index (χ4n) is 1.47. The van der Waals surface area contributed by atoms with E-state index in [1.54, 1.807) is 35.5 Å². The second-order valence-corrected chi connectivity index (χ2v) is 4.74. The summed E-state index contributed by atoms with van der Waals surface area (Å²) in [6, 6.07) is 7.31. The highest BCUT2D eigenvalue weighted by Crippen LogP contribution is 2.12. The van der Waals surface area contributed by atoms with Gasteiger partial charge in [-0.3, -0.25) is 10.4 Å². The lowest BCUT2D eigenvalue weighted by Gasteiger charge is -2.16. The maximum Gasteiger partial charge on any atom is 0.118 e. The predicted octanol–water partition coefficient (Wildman–Crippen LogP) is 2.75. The Balaban J connectivity index is 2.59. The highest BCUT2D eigenvalue weighted by molar-refractivity contribution is 6.05. The van der Waals surface area contributed by atoms with Gasteiger partial charge in [-0.05, 0) is 42.5 Å². The summed E-state index contributed by atoms with van der Waals surface area (Å²) < 4.78 is 0. The third-order valence-electron chi connectivity index (χ3n) is 2.88. The van der Waals surface area contributed by atoms with Crippen LogP contribution in [0.25, 0.3) is 0 Å². The van der Waals surface area contributed by atoms with Crippen LogP contribution in [-0.2, 0) is 0 Å². The Kier molecular flexibility index (Phi) is 8.17. The molecule has 0 aliphatic heterocycles. The molecule has 0 fully saturated rings. The topological polar surface area (TPSA) is 78.0 Å². The van der Waals surface area contributed by atoms with Gasteiger partial charge in [-0.25, -0.2) is 0 Å². The van der Waals surface area contributed by atoms with E-state index in [1.807, 2.05) is 44.6 Å². The number of benzene rings is 1. The average Bonchev–Trinajstić information content (AvgIpc) is 2.60. The van der Waals surface area contributed by atoms with Crippen molar-refractivity contribution in [2.75, 3.05) is 19.8 Å². The quantitative estimate of drug-likeness (QED) is 0.371. The average molecular weight is 324 g/mol. The summed E-state index contributed by atoms with van der Waals surface area (Å²) in [6.45, 7) is 7.62. The van der Waals surface area contributed by atoms with Crippen molar-refractivity contribution in [1.82, 2.24) is 15.6 Å². The van der Waals surface area contributed by atoms with E-state index < -0.39 is 0 Å². The number of hydrogen-bond acceptors (Lipinski definition) is 6. The molecule has 0 amide bonds. The fraction of sp³-hybridized carbons (Fsp3) is 0.111. The van der Waals surface area contributed by atoms with Crippen molar-refractivity contribution in [2.24, 2.45) is 10.1 Å². The zero-order valence-corrected chi connectivity index (χ0v) is 14.1. The van der Waals surface area contributed by atoms with Crippen molar-refractivity contribution in [3.63, 3.8) is 0 Å². The number of rotatable bonds is 9. The summed E-state index contributed by atoms with van der Waals surface area (Å²) in [4.78, 5) is 6.09. The largest absolute Gasteiger partial charge is 0.399 e. The van der Waals surface area contributed by atoms with E-state index >= 15 is 0 Å². The van der Waals surface area contributed by atoms with Crippen molar-refractivity contribution in [2.45, 2.75) is 0 Å². The highest BCUT2D eigenvalue weighted by Gasteiger charge is 1.95. The minimum absolute atomic E-state index is 0.629. The Morgan fingerprint density at radius 1 is 1.29 bits per heavy atom. The minimum Gasteiger partial charge on any atom is -0.399 e. The van der Waals surface area contributed by atoms with Gasteiger partial charge in [0.05, 0.1) is 11.4 Å². The van der Waals surface area contributed by atoms with E-state index in [1.165, 1.54) is 0 Å². The molecule has 6 nitrogen and oxygen atoms in total. The maximum absolute atomic E-state index is 5.63. The molecule has 0 atom stereocenters. The minimum atomic E-state index is 0.629. The van der Waals surface area contributed by atoms with Crippen LogP contribution in [0.2, 0.25) is 0 Å². The van der Waals surface area contributed by atoms with Gasteiger partial charge in [0.25, 0.3) is 0 Å². The van der Waals surface area contributed by atoms with Gasteiger partial charge in [0, 0.05) is 38.4 Å². The van der Waals surface area contributed by atoms with E-state index in [-0.39, 0.29) is 0 Å². The van der Waals surface area contributed by atoms with Gasteiger partial charge in [-0.1, -0.05) is 13.2 Å². The number of hydrazone groups is 1. The van der Waals surface area contributed by atoms with Crippen LogP contribution in [0, 0.1) is 0 Å². The van der Waals surface area contributed by atoms with Gasteiger partial charge < -0.3 is 16.0 Å². The molecule has 0 aliphatic carbocycles. The number of aliphatic imine (C=N–C) groups is 1. The van der Waals surface area contributed by atoms with Gasteiger partial charge in [0.2, 0.25) is 0 Å². The Morgan fingerprint density at radius 3 is 2.62 bits per heavy atom. The Hall–Kier alpha value is -3.28. The zero-order valence-electron chi connectivity index (χ0n) is 14.1. The van der Waals surface area contributed by atoms with E-state index in [2.05, 4.69) is 34.0 Å². The summed E-state index contributed by atoms with van der Waals surface area (Å²) in [5.74, 6) is 0.629. The molecule has 1 rings (SSSR count). The van der Waals surface area contributed by atoms with Gasteiger partial charge in [-0.2, -0.15) is 5.10 Å². The zero-order chi connectivity index (χ0) is 17.8. The summed E-state index contributed by atoms with van der Waals surface area (Å²) in [6.07, 6.45) is 10.5. The van der Waals surface area contributed by atoms with Crippen LogP contribution < -0.4 is 16.5 Å². The first-order valence-electron chi connectivity index (χ1n) is 7.35. The normalized spacial score (nSPS) is 12.0. The molecule has 4 N–H and O–H groups in total. The molecule has 1 aromatic carbocycles. The molecule has 0 bridgehead atoms. The van der Waals surface area contributed by atoms with E-state index in [0.29, 0.717) is 17.2 Å². The first-order chi connectivity index (χ1) is 11.6. The van der Waals surface area contributed by atoms with Crippen LogP contribution in [0.3, 0.4) is 0 Å². The standard InChI is InChI=1S/C18H24N6/c1-5-17(23-22-15(2)24(4)14-13-20-3)7-6-12-21-18-10-8-16(19)9-11-18/h5-14,20,22H,1-2,19H2,3-4H3/b7-6?,14-13-,21-12?,23-17?. The molecule has 0 radical (unpaired) electrons. The Morgan fingerprint density at radius 2 is 2.00 bits per heavy atom. The van der Waals surface area contributed by atoms with E-state index in [0.717, 1.165) is 5.69 Å². The lowest BCUT2D eigenvalue weighted by Crippen LogP contribution is -2.21. The molecule has 6 heteroatoms. The van der Waals surface area contributed by atoms with Crippen molar-refractivity contribution in [1.29, 1.82) is 0 Å². The van der Waals surface area contributed by atoms with Gasteiger partial charge in [0.1, 0.15) is 5.82 Å². The summed E-state index contributed by atoms with van der Waals surface area (Å²) >= 11 is 0. The molecule has 0 unspecified atom stereocenters. The second-order valence-electron chi connectivity index (χ2n) is 4.74. The Bertz CT molecular complexity index is 653. The second kappa shape index (κ2) is 10.4. The van der Waals surface area contributed by atoms with E-state index in [4.69, 9.17) is 5.73 Å². The first-order valence-corrected chi connectivity index (χ1v) is 7.35. The number of nitrogens with zero attached hydrogens (tertiary/aromatic N) is 3. The monoisotopic (exact) mass is 324 g/mol. The van der Waals surface area contributed by atoms with Crippen molar-refractivity contribution in [3.05, 3.63) is 73.9 Å². The Labute approximate surface area is 143 Å². The van der Waals surface area contributed by atoms with E-state index in [9.17, 15) is 0 Å². The molecule has 126 valence electrons. The molecule has 0 aromatic heterocycles. The molecule has 0 heterocycles. The number of allylic oxidation sites excluding steroid dienone is 3. The number of nitrogens with two attached hydrogens (primary N) is 1. The lowest BCUT2D eigenvalue weighted by molar-refractivity contribution is 0.513. The predicted molar refractivity (Wildman–Crippen MR) is 104 cm³/mol. The van der Waals surface area contributed by atoms with Crippen LogP contribution in [0.5, 0.6) is 0 Å². The molecule has 0 saturated carbocycles. The third-order valence-corrected chi connectivity index (χ3v) is 2.88. The molecule has 1 aromatic rings. The highest BCUT2D eigenvalue weighted by atomic mass is 15.4. The molecule has 0 spiro atoms. The van der Waals surface area contributed by atoms with Gasteiger partial charge in [-0.15, -0.1) is 0 Å². The van der Waals surface area contributed by atoms with Crippen LogP contribution >= 0.6 is 0 Å². The van der Waals surface area contributed by atoms with Crippen LogP contribution in [0.4, 0.5) is 11.4 Å². The van der Waals surface area contributed by atoms with Gasteiger partial charge >= 0.3 is 0 Å². The molecular weight excluding hydrogens is 300 g/mol. The van der Waals surface area contributed by atoms with Crippen LogP contribution in [-0.4, -0.2) is 30.9 Å². The van der Waals surface area contributed by atoms with Gasteiger partial charge in [0.15, 0.2) is 0 Å². The van der Waals surface area contributed by atoms with Crippen molar-refractivity contribution >= 4 is 23.3 Å².